The SMILES string of the molecule is CN(C)c1ccc(/C=N\NC(=O)CN(c2cc(Cl)cc(Cl)c2)S(=O)(=O)c2ccccc2)cc1. The largest absolute Gasteiger partial charge is 0.378 e. The minimum absolute atomic E-state index is 0.0263. The second-order valence-electron chi connectivity index (χ2n) is 7.23. The van der Waals surface area contributed by atoms with Gasteiger partial charge in [0.15, 0.2) is 0 Å². The Kier molecular flexibility index (Phi) is 7.97. The summed E-state index contributed by atoms with van der Waals surface area (Å²) in [6.07, 6.45) is 1.48. The second kappa shape index (κ2) is 10.7. The third kappa shape index (κ3) is 6.47. The normalized spacial score (nSPS) is 11.4. The average molecular weight is 505 g/mol. The van der Waals surface area contributed by atoms with Crippen molar-refractivity contribution in [2.75, 3.05) is 29.8 Å². The average Bonchev–Trinajstić information content (AvgIpc) is 2.77. The maximum absolute atomic E-state index is 13.3. The molecule has 1 N–H and O–H groups in total. The van der Waals surface area contributed by atoms with E-state index in [1.807, 2.05) is 43.3 Å². The summed E-state index contributed by atoms with van der Waals surface area (Å²) in [5, 5.41) is 4.42. The van der Waals surface area contributed by atoms with Crippen LogP contribution in [-0.2, 0) is 14.8 Å². The highest BCUT2D eigenvalue weighted by Gasteiger charge is 2.27. The van der Waals surface area contributed by atoms with Crippen molar-refractivity contribution in [1.29, 1.82) is 0 Å². The quantitative estimate of drug-likeness (QED) is 0.364. The maximum atomic E-state index is 13.3. The topological polar surface area (TPSA) is 82.1 Å². The van der Waals surface area contributed by atoms with E-state index >= 15 is 0 Å². The van der Waals surface area contributed by atoms with Crippen molar-refractivity contribution in [3.8, 4) is 0 Å². The van der Waals surface area contributed by atoms with Gasteiger partial charge in [-0.15, -0.1) is 0 Å². The standard InChI is InChI=1S/C23H22Cl2N4O3S/c1-28(2)20-10-8-17(9-11-20)15-26-27-23(30)16-29(21-13-18(24)12-19(25)14-21)33(31,32)22-6-4-3-5-7-22/h3-15H,16H2,1-2H3,(H,27,30)/b26-15-. The molecule has 3 aromatic rings. The monoisotopic (exact) mass is 504 g/mol. The van der Waals surface area contributed by atoms with E-state index < -0.39 is 22.5 Å². The summed E-state index contributed by atoms with van der Waals surface area (Å²) in [6.45, 7) is -0.523. The number of nitrogens with zero attached hydrogens (tertiary/aromatic N) is 3. The molecule has 0 fully saturated rings. The predicted octanol–water partition coefficient (Wildman–Crippen LogP) is 4.41. The summed E-state index contributed by atoms with van der Waals surface area (Å²) >= 11 is 12.2. The molecule has 0 saturated carbocycles. The molecule has 10 heteroatoms. The number of amides is 1. The predicted molar refractivity (Wildman–Crippen MR) is 134 cm³/mol. The molecule has 0 saturated heterocycles. The van der Waals surface area contributed by atoms with Gasteiger partial charge in [-0.05, 0) is 48.0 Å². The highest BCUT2D eigenvalue weighted by Crippen LogP contribution is 2.29. The van der Waals surface area contributed by atoms with Crippen LogP contribution in [0.15, 0.2) is 82.8 Å². The van der Waals surface area contributed by atoms with Gasteiger partial charge in [-0.2, -0.15) is 5.10 Å². The Balaban J connectivity index is 1.82. The number of halogens is 2. The molecule has 0 unspecified atom stereocenters. The molecule has 33 heavy (non-hydrogen) atoms. The van der Waals surface area contributed by atoms with Crippen LogP contribution in [0.5, 0.6) is 0 Å². The fraction of sp³-hybridized carbons (Fsp3) is 0.130. The van der Waals surface area contributed by atoms with Crippen LogP contribution in [0.1, 0.15) is 5.56 Å². The summed E-state index contributed by atoms with van der Waals surface area (Å²) in [5.41, 5.74) is 4.33. The van der Waals surface area contributed by atoms with Crippen LogP contribution in [-0.4, -0.2) is 41.2 Å². The Labute approximate surface area is 203 Å². The molecule has 0 spiro atoms. The number of carbonyl (C=O) groups excluding carboxylic acids is 1. The van der Waals surface area contributed by atoms with E-state index in [-0.39, 0.29) is 20.6 Å². The highest BCUT2D eigenvalue weighted by molar-refractivity contribution is 7.92. The number of hydrogen-bond acceptors (Lipinski definition) is 5. The Bertz CT molecular complexity index is 1230. The molecule has 7 nitrogen and oxygen atoms in total. The zero-order chi connectivity index (χ0) is 24.0. The van der Waals surface area contributed by atoms with Crippen molar-refractivity contribution in [3.05, 3.63) is 88.4 Å². The van der Waals surface area contributed by atoms with Crippen LogP contribution >= 0.6 is 23.2 Å². The van der Waals surface area contributed by atoms with Crippen LogP contribution in [0.4, 0.5) is 11.4 Å². The van der Waals surface area contributed by atoms with Gasteiger partial charge in [-0.25, -0.2) is 13.8 Å². The van der Waals surface area contributed by atoms with Gasteiger partial charge in [0.1, 0.15) is 6.54 Å². The van der Waals surface area contributed by atoms with Gasteiger partial charge in [0.05, 0.1) is 16.8 Å². The first kappa shape index (κ1) is 24.6. The fourth-order valence-electron chi connectivity index (χ4n) is 2.92. The zero-order valence-corrected chi connectivity index (χ0v) is 20.3. The minimum Gasteiger partial charge on any atom is -0.378 e. The lowest BCUT2D eigenvalue weighted by Crippen LogP contribution is -2.39. The minimum atomic E-state index is -4.07. The van der Waals surface area contributed by atoms with E-state index in [0.717, 1.165) is 15.6 Å². The fourth-order valence-corrected chi connectivity index (χ4v) is 4.86. The first-order chi connectivity index (χ1) is 15.7. The molecule has 3 rings (SSSR count). The Morgan fingerprint density at radius 3 is 2.12 bits per heavy atom. The molecule has 0 bridgehead atoms. The molecule has 0 heterocycles. The van der Waals surface area contributed by atoms with Gasteiger partial charge in [-0.1, -0.05) is 53.5 Å². The number of hydrazone groups is 1. The smallest absolute Gasteiger partial charge is 0.264 e. The van der Waals surface area contributed by atoms with Crippen LogP contribution in [0.25, 0.3) is 0 Å². The molecule has 172 valence electrons. The van der Waals surface area contributed by atoms with Gasteiger partial charge < -0.3 is 4.90 Å². The Morgan fingerprint density at radius 2 is 1.55 bits per heavy atom. The van der Waals surface area contributed by atoms with E-state index in [9.17, 15) is 13.2 Å². The van der Waals surface area contributed by atoms with Crippen molar-refractivity contribution in [3.63, 3.8) is 0 Å². The van der Waals surface area contributed by atoms with E-state index in [4.69, 9.17) is 23.2 Å². The number of benzene rings is 3. The number of sulfonamides is 1. The molecule has 0 atom stereocenters. The van der Waals surface area contributed by atoms with Crippen molar-refractivity contribution in [1.82, 2.24) is 5.43 Å². The summed E-state index contributed by atoms with van der Waals surface area (Å²) < 4.78 is 27.5. The second-order valence-corrected chi connectivity index (χ2v) is 9.97. The van der Waals surface area contributed by atoms with Crippen molar-refractivity contribution < 1.29 is 13.2 Å². The molecule has 1 amide bonds. The third-order valence-electron chi connectivity index (χ3n) is 4.57. The van der Waals surface area contributed by atoms with Crippen LogP contribution in [0, 0.1) is 0 Å². The van der Waals surface area contributed by atoms with Crippen LogP contribution in [0.2, 0.25) is 10.0 Å². The van der Waals surface area contributed by atoms with E-state index in [1.165, 1.54) is 36.5 Å². The number of rotatable bonds is 8. The number of hydrogen-bond donors (Lipinski definition) is 1. The third-order valence-corrected chi connectivity index (χ3v) is 6.79. The van der Waals surface area contributed by atoms with E-state index in [2.05, 4.69) is 10.5 Å². The lowest BCUT2D eigenvalue weighted by molar-refractivity contribution is -0.119. The van der Waals surface area contributed by atoms with E-state index in [1.54, 1.807) is 18.2 Å². The number of anilines is 2. The number of carbonyl (C=O) groups is 1. The Hall–Kier alpha value is -3.07. The molecule has 0 aliphatic carbocycles. The van der Waals surface area contributed by atoms with Gasteiger partial charge in [0, 0.05) is 29.8 Å². The molecule has 0 radical (unpaired) electrons. The maximum Gasteiger partial charge on any atom is 0.264 e. The first-order valence-electron chi connectivity index (χ1n) is 9.80. The molecule has 0 aromatic heterocycles. The molecule has 0 aliphatic rings. The summed E-state index contributed by atoms with van der Waals surface area (Å²) in [5.74, 6) is -0.633. The van der Waals surface area contributed by atoms with Gasteiger partial charge >= 0.3 is 0 Å². The van der Waals surface area contributed by atoms with Crippen molar-refractivity contribution >= 4 is 56.7 Å². The van der Waals surface area contributed by atoms with Crippen molar-refractivity contribution in [2.45, 2.75) is 4.90 Å². The van der Waals surface area contributed by atoms with Crippen molar-refractivity contribution in [2.24, 2.45) is 5.10 Å². The molecular formula is C23H22Cl2N4O3S. The number of nitrogens with one attached hydrogen (secondary N) is 1. The van der Waals surface area contributed by atoms with Gasteiger partial charge in [0.25, 0.3) is 15.9 Å². The van der Waals surface area contributed by atoms with E-state index in [0.29, 0.717) is 0 Å². The summed E-state index contributed by atoms with van der Waals surface area (Å²) in [7, 11) is -0.202. The lowest BCUT2D eigenvalue weighted by atomic mass is 10.2. The highest BCUT2D eigenvalue weighted by atomic mass is 35.5. The molecular weight excluding hydrogens is 483 g/mol. The molecule has 0 aliphatic heterocycles. The first-order valence-corrected chi connectivity index (χ1v) is 12.0. The molecule has 3 aromatic carbocycles. The summed E-state index contributed by atoms with van der Waals surface area (Å²) in [4.78, 5) is 14.6. The zero-order valence-electron chi connectivity index (χ0n) is 17.9. The van der Waals surface area contributed by atoms with Crippen LogP contribution in [0.3, 0.4) is 0 Å². The Morgan fingerprint density at radius 1 is 0.939 bits per heavy atom. The van der Waals surface area contributed by atoms with Gasteiger partial charge in [0.2, 0.25) is 0 Å². The van der Waals surface area contributed by atoms with Crippen LogP contribution < -0.4 is 14.6 Å². The summed E-state index contributed by atoms with van der Waals surface area (Å²) in [6, 6.07) is 19.7. The lowest BCUT2D eigenvalue weighted by Gasteiger charge is -2.24. The van der Waals surface area contributed by atoms with Gasteiger partial charge in [-0.3, -0.25) is 9.10 Å².